The second-order valence-corrected chi connectivity index (χ2v) is 5.80. The van der Waals surface area contributed by atoms with Crippen molar-refractivity contribution in [3.8, 4) is 0 Å². The first-order valence-electron chi connectivity index (χ1n) is 8.01. The van der Waals surface area contributed by atoms with Gasteiger partial charge in [-0.05, 0) is 42.0 Å². The summed E-state index contributed by atoms with van der Waals surface area (Å²) in [6.45, 7) is 0. The van der Waals surface area contributed by atoms with Crippen LogP contribution in [0.15, 0.2) is 84.7 Å². The molecule has 1 N–H and O–H groups in total. The van der Waals surface area contributed by atoms with Crippen LogP contribution in [0.4, 0.5) is 0 Å². The number of allylic oxidation sites excluding steroid dienone is 5. The topological polar surface area (TPSA) is 33.1 Å². The first kappa shape index (κ1) is 15.4. The van der Waals surface area contributed by atoms with E-state index in [1.54, 1.807) is 6.20 Å². The second-order valence-electron chi connectivity index (χ2n) is 5.80. The molecule has 0 saturated carbocycles. The number of aromatic nitrogens is 1. The van der Waals surface area contributed by atoms with Gasteiger partial charge in [0.05, 0.1) is 6.10 Å². The minimum Gasteiger partial charge on any atom is -0.384 e. The van der Waals surface area contributed by atoms with Crippen LogP contribution in [0.5, 0.6) is 0 Å². The van der Waals surface area contributed by atoms with Crippen LogP contribution in [0.25, 0.3) is 0 Å². The lowest BCUT2D eigenvalue weighted by Crippen LogP contribution is -1.98. The van der Waals surface area contributed by atoms with Gasteiger partial charge in [-0.1, -0.05) is 60.7 Å². The van der Waals surface area contributed by atoms with E-state index in [1.165, 1.54) is 11.1 Å². The zero-order valence-electron chi connectivity index (χ0n) is 13.1. The van der Waals surface area contributed by atoms with Crippen molar-refractivity contribution in [2.75, 3.05) is 0 Å². The molecule has 1 aliphatic carbocycles. The molecule has 2 heteroatoms. The molecule has 2 aromatic rings. The number of hydrogen-bond acceptors (Lipinski definition) is 2. The molecular formula is C21H21NO. The fraction of sp³-hybridized carbons (Fsp3) is 0.190. The quantitative estimate of drug-likeness (QED) is 0.879. The number of pyridine rings is 1. The summed E-state index contributed by atoms with van der Waals surface area (Å²) in [6.07, 6.45) is 16.1. The molecule has 1 aliphatic rings. The minimum absolute atomic E-state index is 0.620. The van der Waals surface area contributed by atoms with Crippen molar-refractivity contribution >= 4 is 0 Å². The van der Waals surface area contributed by atoms with Crippen LogP contribution in [0.2, 0.25) is 0 Å². The van der Waals surface area contributed by atoms with Crippen molar-refractivity contribution < 1.29 is 5.11 Å². The molecule has 1 aromatic heterocycles. The molecular weight excluding hydrogens is 282 g/mol. The van der Waals surface area contributed by atoms with Gasteiger partial charge in [0.15, 0.2) is 0 Å². The normalized spacial score (nSPS) is 15.6. The summed E-state index contributed by atoms with van der Waals surface area (Å²) in [4.78, 5) is 4.28. The van der Waals surface area contributed by atoms with Crippen LogP contribution in [0.3, 0.4) is 0 Å². The van der Waals surface area contributed by atoms with Gasteiger partial charge in [-0.3, -0.25) is 4.98 Å². The summed E-state index contributed by atoms with van der Waals surface area (Å²) < 4.78 is 0. The van der Waals surface area contributed by atoms with E-state index in [1.807, 2.05) is 42.6 Å². The third-order valence-corrected chi connectivity index (χ3v) is 3.95. The van der Waals surface area contributed by atoms with E-state index in [0.29, 0.717) is 0 Å². The summed E-state index contributed by atoms with van der Waals surface area (Å²) in [7, 11) is 0. The minimum atomic E-state index is -0.620. The number of aliphatic hydroxyl groups is 1. The monoisotopic (exact) mass is 303 g/mol. The lowest BCUT2D eigenvalue weighted by molar-refractivity contribution is 0.228. The summed E-state index contributed by atoms with van der Waals surface area (Å²) in [5, 5.41) is 10.4. The Morgan fingerprint density at radius 1 is 1.13 bits per heavy atom. The van der Waals surface area contributed by atoms with Gasteiger partial charge in [0.25, 0.3) is 0 Å². The Bertz CT molecular complexity index is 729. The van der Waals surface area contributed by atoms with E-state index < -0.39 is 6.10 Å². The van der Waals surface area contributed by atoms with Gasteiger partial charge in [-0.2, -0.15) is 0 Å². The molecule has 23 heavy (non-hydrogen) atoms. The zero-order valence-corrected chi connectivity index (χ0v) is 13.1. The van der Waals surface area contributed by atoms with E-state index in [2.05, 4.69) is 35.3 Å². The number of nitrogens with zero attached hydrogens (tertiary/aromatic N) is 1. The molecule has 0 spiro atoms. The molecule has 0 bridgehead atoms. The molecule has 1 atom stereocenters. The van der Waals surface area contributed by atoms with Gasteiger partial charge in [-0.15, -0.1) is 0 Å². The fourth-order valence-electron chi connectivity index (χ4n) is 2.68. The Hall–Kier alpha value is -2.45. The van der Waals surface area contributed by atoms with Gasteiger partial charge in [0, 0.05) is 18.0 Å². The Morgan fingerprint density at radius 3 is 2.78 bits per heavy atom. The van der Waals surface area contributed by atoms with Crippen molar-refractivity contribution in [1.29, 1.82) is 0 Å². The predicted molar refractivity (Wildman–Crippen MR) is 94.0 cm³/mol. The highest BCUT2D eigenvalue weighted by molar-refractivity contribution is 5.31. The van der Waals surface area contributed by atoms with Crippen LogP contribution in [-0.4, -0.2) is 10.1 Å². The third kappa shape index (κ3) is 4.51. The highest BCUT2D eigenvalue weighted by Crippen LogP contribution is 2.19. The standard InChI is InChI=1S/C21H21NO/c23-21(12-11-17-7-3-1-4-8-17)20-14-19(15-22-16-20)13-18-9-5-2-6-10-18/h1-3,5-7,9-12,14-16,21,23H,4,8,13H2. The molecule has 1 unspecified atom stereocenters. The van der Waals surface area contributed by atoms with Crippen molar-refractivity contribution in [2.24, 2.45) is 0 Å². The number of benzene rings is 1. The van der Waals surface area contributed by atoms with Gasteiger partial charge in [0.2, 0.25) is 0 Å². The average molecular weight is 303 g/mol. The first-order valence-corrected chi connectivity index (χ1v) is 8.01. The molecule has 0 aliphatic heterocycles. The predicted octanol–water partition coefficient (Wildman–Crippen LogP) is 4.54. The fourth-order valence-corrected chi connectivity index (χ4v) is 2.68. The Labute approximate surface area is 137 Å². The van der Waals surface area contributed by atoms with Crippen LogP contribution < -0.4 is 0 Å². The molecule has 3 rings (SSSR count). The molecule has 2 nitrogen and oxygen atoms in total. The zero-order chi connectivity index (χ0) is 15.9. The Balaban J connectivity index is 1.70. The first-order chi connectivity index (χ1) is 11.3. The van der Waals surface area contributed by atoms with Crippen LogP contribution in [-0.2, 0) is 6.42 Å². The van der Waals surface area contributed by atoms with Gasteiger partial charge < -0.3 is 5.11 Å². The van der Waals surface area contributed by atoms with Gasteiger partial charge in [0.1, 0.15) is 0 Å². The van der Waals surface area contributed by atoms with Crippen molar-refractivity contribution in [3.63, 3.8) is 0 Å². The summed E-state index contributed by atoms with van der Waals surface area (Å²) >= 11 is 0. The molecule has 1 aromatic carbocycles. The van der Waals surface area contributed by atoms with Gasteiger partial charge >= 0.3 is 0 Å². The molecule has 0 amide bonds. The van der Waals surface area contributed by atoms with E-state index >= 15 is 0 Å². The lowest BCUT2D eigenvalue weighted by Gasteiger charge is -2.09. The SMILES string of the molecule is OC(C=CC1=CC=CCC1)c1cncc(Cc2ccccc2)c1. The summed E-state index contributed by atoms with van der Waals surface area (Å²) in [5.41, 5.74) is 4.44. The van der Waals surface area contributed by atoms with Crippen LogP contribution >= 0.6 is 0 Å². The molecule has 116 valence electrons. The third-order valence-electron chi connectivity index (χ3n) is 3.95. The smallest absolute Gasteiger partial charge is 0.0989 e. The maximum atomic E-state index is 10.4. The molecule has 0 fully saturated rings. The maximum Gasteiger partial charge on any atom is 0.0989 e. The van der Waals surface area contributed by atoms with Gasteiger partial charge in [-0.25, -0.2) is 0 Å². The van der Waals surface area contributed by atoms with E-state index in [-0.39, 0.29) is 0 Å². The number of hydrogen-bond donors (Lipinski definition) is 1. The number of aliphatic hydroxyl groups excluding tert-OH is 1. The van der Waals surface area contributed by atoms with Crippen molar-refractivity contribution in [1.82, 2.24) is 4.98 Å². The van der Waals surface area contributed by atoms with E-state index in [4.69, 9.17) is 0 Å². The lowest BCUT2D eigenvalue weighted by atomic mass is 10.0. The Morgan fingerprint density at radius 2 is 2.00 bits per heavy atom. The average Bonchev–Trinajstić information content (AvgIpc) is 2.62. The van der Waals surface area contributed by atoms with E-state index in [9.17, 15) is 5.11 Å². The van der Waals surface area contributed by atoms with E-state index in [0.717, 1.165) is 30.4 Å². The van der Waals surface area contributed by atoms with Crippen LogP contribution in [0, 0.1) is 0 Å². The van der Waals surface area contributed by atoms with Crippen molar-refractivity contribution in [3.05, 3.63) is 101 Å². The van der Waals surface area contributed by atoms with Crippen LogP contribution in [0.1, 0.15) is 35.6 Å². The molecule has 0 saturated heterocycles. The highest BCUT2D eigenvalue weighted by Gasteiger charge is 2.06. The second kappa shape index (κ2) is 7.70. The summed E-state index contributed by atoms with van der Waals surface area (Å²) in [5.74, 6) is 0. The largest absolute Gasteiger partial charge is 0.384 e. The summed E-state index contributed by atoms with van der Waals surface area (Å²) in [6, 6.07) is 12.3. The maximum absolute atomic E-state index is 10.4. The molecule has 1 heterocycles. The Kier molecular flexibility index (Phi) is 5.17. The highest BCUT2D eigenvalue weighted by atomic mass is 16.3. The van der Waals surface area contributed by atoms with Crippen molar-refractivity contribution in [2.45, 2.75) is 25.4 Å². The number of rotatable bonds is 5. The molecule has 0 radical (unpaired) electrons.